The lowest BCUT2D eigenvalue weighted by Crippen LogP contribution is -2.49. The molecule has 0 aliphatic carbocycles. The molecule has 9 heteroatoms. The molecule has 0 aromatic heterocycles. The fourth-order valence-electron chi connectivity index (χ4n) is 3.03. The van der Waals surface area contributed by atoms with Crippen molar-refractivity contribution < 1.29 is 17.6 Å². The summed E-state index contributed by atoms with van der Waals surface area (Å²) in [6.07, 6.45) is -4.60. The Bertz CT molecular complexity index is 625. The van der Waals surface area contributed by atoms with Crippen LogP contribution in [0, 0.1) is 5.82 Å². The van der Waals surface area contributed by atoms with Crippen LogP contribution in [-0.4, -0.2) is 68.6 Å². The van der Waals surface area contributed by atoms with E-state index in [2.05, 4.69) is 32.3 Å². The minimum absolute atomic E-state index is 0.0254. The number of nitrogens with one attached hydrogen (secondary N) is 2. The number of nitrogens with zero attached hydrogens (tertiary/aromatic N) is 3. The number of hydrogen-bond donors (Lipinski definition) is 2. The van der Waals surface area contributed by atoms with Gasteiger partial charge in [-0.25, -0.2) is 4.39 Å². The van der Waals surface area contributed by atoms with Crippen LogP contribution in [0.3, 0.4) is 0 Å². The first-order chi connectivity index (χ1) is 12.8. The van der Waals surface area contributed by atoms with E-state index in [1.165, 1.54) is 0 Å². The first kappa shape index (κ1) is 21.4. The highest BCUT2D eigenvalue weighted by Gasteiger charge is 2.33. The highest BCUT2D eigenvalue weighted by Crippen LogP contribution is 2.32. The van der Waals surface area contributed by atoms with Gasteiger partial charge in [0.2, 0.25) is 0 Å². The molecule has 0 radical (unpaired) electrons. The van der Waals surface area contributed by atoms with E-state index in [-0.39, 0.29) is 12.1 Å². The molecule has 1 aliphatic heterocycles. The second kappa shape index (κ2) is 9.89. The Kier molecular flexibility index (Phi) is 7.85. The molecule has 152 valence electrons. The molecule has 2 N–H and O–H groups in total. The van der Waals surface area contributed by atoms with E-state index < -0.39 is 17.6 Å². The maximum Gasteiger partial charge on any atom is 0.416 e. The summed E-state index contributed by atoms with van der Waals surface area (Å²) in [6, 6.07) is 2.69. The van der Waals surface area contributed by atoms with E-state index in [0.29, 0.717) is 18.6 Å². The van der Waals surface area contributed by atoms with Crippen LogP contribution in [0.15, 0.2) is 23.2 Å². The molecule has 1 fully saturated rings. The number of guanidine groups is 1. The van der Waals surface area contributed by atoms with Gasteiger partial charge in [-0.1, -0.05) is 13.0 Å². The lowest BCUT2D eigenvalue weighted by Gasteiger charge is -2.34. The van der Waals surface area contributed by atoms with Crippen molar-refractivity contribution in [2.75, 3.05) is 52.9 Å². The van der Waals surface area contributed by atoms with Crippen LogP contribution in [0.4, 0.5) is 17.6 Å². The molecule has 2 rings (SSSR count). The average Bonchev–Trinajstić information content (AvgIpc) is 2.65. The lowest BCUT2D eigenvalue weighted by atomic mass is 10.1. The molecule has 1 heterocycles. The smallest absolute Gasteiger partial charge is 0.355 e. The first-order valence-corrected chi connectivity index (χ1v) is 9.08. The molecule has 0 saturated carbocycles. The molecule has 1 saturated heterocycles. The first-order valence-electron chi connectivity index (χ1n) is 9.08. The van der Waals surface area contributed by atoms with Gasteiger partial charge in [-0.05, 0) is 24.2 Å². The quantitative estimate of drug-likeness (QED) is 0.445. The molecule has 0 bridgehead atoms. The zero-order valence-corrected chi connectivity index (χ0v) is 15.7. The van der Waals surface area contributed by atoms with Crippen LogP contribution in [-0.2, 0) is 12.7 Å². The Balaban J connectivity index is 1.81. The van der Waals surface area contributed by atoms with Crippen LogP contribution in [0.5, 0.6) is 0 Å². The Morgan fingerprint density at radius 2 is 1.78 bits per heavy atom. The number of rotatable bonds is 6. The number of alkyl halides is 3. The fourth-order valence-corrected chi connectivity index (χ4v) is 3.03. The number of halogens is 4. The van der Waals surface area contributed by atoms with Gasteiger partial charge in [0.05, 0.1) is 5.56 Å². The average molecular weight is 389 g/mol. The Labute approximate surface area is 157 Å². The molecule has 5 nitrogen and oxygen atoms in total. The third kappa shape index (κ3) is 6.66. The summed E-state index contributed by atoms with van der Waals surface area (Å²) in [5.74, 6) is -0.489. The van der Waals surface area contributed by atoms with Crippen molar-refractivity contribution in [2.45, 2.75) is 19.6 Å². The SMILES string of the molecule is CCN1CCN(CCNC(=NC)NCc2ccc(F)cc2C(F)(F)F)CC1. The number of hydrogen-bond acceptors (Lipinski definition) is 3. The summed E-state index contributed by atoms with van der Waals surface area (Å²) in [6.45, 7) is 8.71. The van der Waals surface area contributed by atoms with Crippen molar-refractivity contribution in [3.63, 3.8) is 0 Å². The summed E-state index contributed by atoms with van der Waals surface area (Å²) in [5, 5.41) is 5.97. The van der Waals surface area contributed by atoms with Crippen molar-refractivity contribution in [1.82, 2.24) is 20.4 Å². The van der Waals surface area contributed by atoms with Gasteiger partial charge < -0.3 is 15.5 Å². The summed E-state index contributed by atoms with van der Waals surface area (Å²) in [4.78, 5) is 8.77. The summed E-state index contributed by atoms with van der Waals surface area (Å²) >= 11 is 0. The van der Waals surface area contributed by atoms with E-state index >= 15 is 0 Å². The van der Waals surface area contributed by atoms with Crippen LogP contribution < -0.4 is 10.6 Å². The topological polar surface area (TPSA) is 42.9 Å². The van der Waals surface area contributed by atoms with E-state index in [9.17, 15) is 17.6 Å². The molecule has 1 aliphatic rings. The zero-order valence-electron chi connectivity index (χ0n) is 15.7. The molecule has 1 aromatic carbocycles. The van der Waals surface area contributed by atoms with Gasteiger partial charge in [-0.15, -0.1) is 0 Å². The predicted molar refractivity (Wildman–Crippen MR) is 98.2 cm³/mol. The summed E-state index contributed by atoms with van der Waals surface area (Å²) in [5.41, 5.74) is -0.998. The second-order valence-corrected chi connectivity index (χ2v) is 6.43. The van der Waals surface area contributed by atoms with Gasteiger partial charge in [-0.2, -0.15) is 13.2 Å². The lowest BCUT2D eigenvalue weighted by molar-refractivity contribution is -0.138. The van der Waals surface area contributed by atoms with Gasteiger partial charge >= 0.3 is 6.18 Å². The monoisotopic (exact) mass is 389 g/mol. The van der Waals surface area contributed by atoms with Crippen LogP contribution in [0.2, 0.25) is 0 Å². The Morgan fingerprint density at radius 3 is 2.37 bits per heavy atom. The third-order valence-electron chi connectivity index (χ3n) is 4.68. The number of benzene rings is 1. The van der Waals surface area contributed by atoms with Crippen LogP contribution in [0.1, 0.15) is 18.1 Å². The van der Waals surface area contributed by atoms with Gasteiger partial charge in [0.25, 0.3) is 0 Å². The van der Waals surface area contributed by atoms with Crippen molar-refractivity contribution in [3.05, 3.63) is 35.1 Å². The normalized spacial score (nSPS) is 17.2. The van der Waals surface area contributed by atoms with Crippen molar-refractivity contribution in [1.29, 1.82) is 0 Å². The number of aliphatic imine (C=N–C) groups is 1. The maximum atomic E-state index is 13.2. The van der Waals surface area contributed by atoms with Crippen LogP contribution >= 0.6 is 0 Å². The Morgan fingerprint density at radius 1 is 1.11 bits per heavy atom. The third-order valence-corrected chi connectivity index (χ3v) is 4.68. The van der Waals surface area contributed by atoms with E-state index in [0.717, 1.165) is 51.4 Å². The minimum Gasteiger partial charge on any atom is -0.355 e. The highest BCUT2D eigenvalue weighted by atomic mass is 19.4. The zero-order chi connectivity index (χ0) is 19.9. The fraction of sp³-hybridized carbons (Fsp3) is 0.611. The maximum absolute atomic E-state index is 13.2. The largest absolute Gasteiger partial charge is 0.416 e. The van der Waals surface area contributed by atoms with Crippen molar-refractivity contribution in [2.24, 2.45) is 4.99 Å². The molecule has 0 amide bonds. The molecule has 1 aromatic rings. The highest BCUT2D eigenvalue weighted by molar-refractivity contribution is 5.79. The van der Waals surface area contributed by atoms with Crippen LogP contribution in [0.25, 0.3) is 0 Å². The second-order valence-electron chi connectivity index (χ2n) is 6.43. The molecule has 0 atom stereocenters. The van der Waals surface area contributed by atoms with E-state index in [1.807, 2.05) is 0 Å². The summed E-state index contributed by atoms with van der Waals surface area (Å²) in [7, 11) is 1.56. The summed E-state index contributed by atoms with van der Waals surface area (Å²) < 4.78 is 52.3. The van der Waals surface area contributed by atoms with Gasteiger partial charge in [-0.3, -0.25) is 9.89 Å². The van der Waals surface area contributed by atoms with Gasteiger partial charge in [0.1, 0.15) is 5.82 Å². The van der Waals surface area contributed by atoms with E-state index in [4.69, 9.17) is 0 Å². The molecule has 27 heavy (non-hydrogen) atoms. The van der Waals surface area contributed by atoms with Gasteiger partial charge in [0.15, 0.2) is 5.96 Å². The Hall–Kier alpha value is -1.87. The number of likely N-dealkylation sites (N-methyl/N-ethyl adjacent to an activating group) is 1. The standard InChI is InChI=1S/C18H27F4N5/c1-3-26-8-10-27(11-9-26)7-6-24-17(23-2)25-13-14-4-5-15(19)12-16(14)18(20,21)22/h4-5,12H,3,6-11,13H2,1-2H3,(H2,23,24,25). The number of piperazine rings is 1. The molecular weight excluding hydrogens is 362 g/mol. The molecule has 0 spiro atoms. The van der Waals surface area contributed by atoms with Crippen molar-refractivity contribution in [3.8, 4) is 0 Å². The minimum atomic E-state index is -4.60. The van der Waals surface area contributed by atoms with Gasteiger partial charge in [0, 0.05) is 52.9 Å². The van der Waals surface area contributed by atoms with E-state index in [1.54, 1.807) is 7.05 Å². The molecule has 0 unspecified atom stereocenters. The predicted octanol–water partition coefficient (Wildman–Crippen LogP) is 2.15. The molecular formula is C18H27F4N5. The van der Waals surface area contributed by atoms with Crippen molar-refractivity contribution >= 4 is 5.96 Å².